The number of nitrogens with zero attached hydrogens (tertiary/aromatic N) is 4. The van der Waals surface area contributed by atoms with E-state index in [0.717, 1.165) is 17.3 Å². The van der Waals surface area contributed by atoms with Gasteiger partial charge in [-0.3, -0.25) is 9.48 Å². The van der Waals surface area contributed by atoms with Gasteiger partial charge < -0.3 is 9.88 Å². The van der Waals surface area contributed by atoms with Crippen LogP contribution in [0.25, 0.3) is 0 Å². The lowest BCUT2D eigenvalue weighted by Crippen LogP contribution is -2.39. The molecular weight excluding hydrogens is 359 g/mol. The summed E-state index contributed by atoms with van der Waals surface area (Å²) in [5.74, 6) is -0.909. The Kier molecular flexibility index (Phi) is 4.01. The Hall–Kier alpha value is -3.10. The van der Waals surface area contributed by atoms with Crippen molar-refractivity contribution in [2.45, 2.75) is 18.6 Å². The second kappa shape index (κ2) is 6.26. The smallest absolute Gasteiger partial charge is 0.347 e. The van der Waals surface area contributed by atoms with E-state index in [1.165, 1.54) is 29.4 Å². The van der Waals surface area contributed by atoms with Gasteiger partial charge in [-0.05, 0) is 12.1 Å². The number of aromatic amines is 1. The van der Waals surface area contributed by atoms with E-state index in [-0.39, 0.29) is 24.6 Å². The Morgan fingerprint density at radius 2 is 2.07 bits per heavy atom. The molecule has 1 unspecified atom stereocenters. The van der Waals surface area contributed by atoms with Crippen LogP contribution in [0, 0.1) is 0 Å². The molecule has 0 radical (unpaired) electrons. The predicted molar refractivity (Wildman–Crippen MR) is 89.8 cm³/mol. The Labute approximate surface area is 152 Å². The molecule has 27 heavy (non-hydrogen) atoms. The summed E-state index contributed by atoms with van der Waals surface area (Å²) in [4.78, 5) is 21.7. The van der Waals surface area contributed by atoms with E-state index < -0.39 is 17.6 Å². The Balaban J connectivity index is 1.71. The SMILES string of the molecule is Cn1cc(C2CN(C(=O)c3ccccc3C(F)(F)F)Cc3[nH]cnc32)cn1. The van der Waals surface area contributed by atoms with Gasteiger partial charge in [0.1, 0.15) is 0 Å². The topological polar surface area (TPSA) is 66.8 Å². The third-order valence-corrected chi connectivity index (χ3v) is 4.71. The number of halogens is 3. The Morgan fingerprint density at radius 1 is 1.30 bits per heavy atom. The lowest BCUT2D eigenvalue weighted by molar-refractivity contribution is -0.138. The van der Waals surface area contributed by atoms with E-state index in [2.05, 4.69) is 15.1 Å². The first-order chi connectivity index (χ1) is 12.8. The zero-order valence-electron chi connectivity index (χ0n) is 14.4. The zero-order valence-corrected chi connectivity index (χ0v) is 14.4. The van der Waals surface area contributed by atoms with Crippen molar-refractivity contribution in [1.82, 2.24) is 24.6 Å². The third-order valence-electron chi connectivity index (χ3n) is 4.71. The molecule has 0 spiro atoms. The first-order valence-electron chi connectivity index (χ1n) is 8.31. The van der Waals surface area contributed by atoms with E-state index in [0.29, 0.717) is 5.69 Å². The molecule has 1 N–H and O–H groups in total. The van der Waals surface area contributed by atoms with Crippen molar-refractivity contribution >= 4 is 5.91 Å². The molecular formula is C18H16F3N5O. The molecule has 9 heteroatoms. The highest BCUT2D eigenvalue weighted by molar-refractivity contribution is 5.96. The van der Waals surface area contributed by atoms with Gasteiger partial charge in [0.25, 0.3) is 5.91 Å². The summed E-state index contributed by atoms with van der Waals surface area (Å²) in [6.07, 6.45) is 0.442. The fraction of sp³-hybridized carbons (Fsp3) is 0.278. The fourth-order valence-electron chi connectivity index (χ4n) is 3.45. The van der Waals surface area contributed by atoms with Crippen molar-refractivity contribution in [2.75, 3.05) is 6.54 Å². The molecule has 1 aliphatic rings. The first kappa shape index (κ1) is 17.3. The molecule has 1 aliphatic heterocycles. The maximum Gasteiger partial charge on any atom is 0.417 e. The molecule has 4 rings (SSSR count). The standard InChI is InChI=1S/C18H16F3N5O/c1-25-7-11(6-24-25)13-8-26(9-15-16(13)23-10-22-15)17(27)12-4-2-3-5-14(12)18(19,20)21/h2-7,10,13H,8-9H2,1H3,(H,22,23). The summed E-state index contributed by atoms with van der Waals surface area (Å²) in [6.45, 7) is 0.408. The number of benzene rings is 1. The third kappa shape index (κ3) is 3.09. The van der Waals surface area contributed by atoms with Crippen molar-refractivity contribution in [1.29, 1.82) is 0 Å². The number of imidazole rings is 1. The van der Waals surface area contributed by atoms with Gasteiger partial charge in [-0.25, -0.2) is 4.98 Å². The van der Waals surface area contributed by atoms with E-state index >= 15 is 0 Å². The van der Waals surface area contributed by atoms with Crippen molar-refractivity contribution in [3.8, 4) is 0 Å². The lowest BCUT2D eigenvalue weighted by Gasteiger charge is -2.32. The average molecular weight is 375 g/mol. The summed E-state index contributed by atoms with van der Waals surface area (Å²) < 4.78 is 41.6. The van der Waals surface area contributed by atoms with Crippen LogP contribution in [-0.2, 0) is 19.8 Å². The molecule has 1 amide bonds. The average Bonchev–Trinajstić information content (AvgIpc) is 3.28. The molecule has 0 saturated carbocycles. The number of rotatable bonds is 2. The maximum absolute atomic E-state index is 13.3. The summed E-state index contributed by atoms with van der Waals surface area (Å²) in [7, 11) is 1.78. The number of amides is 1. The van der Waals surface area contributed by atoms with Crippen LogP contribution in [0.15, 0.2) is 43.0 Å². The van der Waals surface area contributed by atoms with Crippen molar-refractivity contribution in [3.63, 3.8) is 0 Å². The van der Waals surface area contributed by atoms with Crippen LogP contribution < -0.4 is 0 Å². The molecule has 0 aliphatic carbocycles. The maximum atomic E-state index is 13.3. The van der Waals surface area contributed by atoms with Crippen LogP contribution in [0.5, 0.6) is 0 Å². The summed E-state index contributed by atoms with van der Waals surface area (Å²) in [6, 6.07) is 4.86. The Bertz CT molecular complexity index is 991. The molecule has 140 valence electrons. The fourth-order valence-corrected chi connectivity index (χ4v) is 3.45. The highest BCUT2D eigenvalue weighted by Gasteiger charge is 2.38. The van der Waals surface area contributed by atoms with Crippen LogP contribution in [-0.4, -0.2) is 37.1 Å². The zero-order chi connectivity index (χ0) is 19.2. The van der Waals surface area contributed by atoms with Gasteiger partial charge in [0.15, 0.2) is 0 Å². The lowest BCUT2D eigenvalue weighted by atomic mass is 9.92. The summed E-state index contributed by atoms with van der Waals surface area (Å²) in [5, 5.41) is 4.15. The quantitative estimate of drug-likeness (QED) is 0.749. The van der Waals surface area contributed by atoms with E-state index in [1.54, 1.807) is 17.9 Å². The molecule has 1 atom stereocenters. The summed E-state index contributed by atoms with van der Waals surface area (Å²) in [5.41, 5.74) is 1.08. The summed E-state index contributed by atoms with van der Waals surface area (Å²) >= 11 is 0. The molecule has 2 aromatic heterocycles. The molecule has 3 heterocycles. The molecule has 0 fully saturated rings. The van der Waals surface area contributed by atoms with Gasteiger partial charge in [0.2, 0.25) is 0 Å². The number of aryl methyl sites for hydroxylation is 1. The van der Waals surface area contributed by atoms with Crippen LogP contribution >= 0.6 is 0 Å². The minimum absolute atomic E-state index is 0.178. The molecule has 3 aromatic rings. The number of fused-ring (bicyclic) bond motifs is 1. The number of hydrogen-bond acceptors (Lipinski definition) is 3. The number of aromatic nitrogens is 4. The number of carbonyl (C=O) groups excluding carboxylic acids is 1. The largest absolute Gasteiger partial charge is 0.417 e. The highest BCUT2D eigenvalue weighted by Crippen LogP contribution is 2.35. The monoisotopic (exact) mass is 375 g/mol. The van der Waals surface area contributed by atoms with Gasteiger partial charge in [-0.2, -0.15) is 18.3 Å². The number of H-pyrrole nitrogens is 1. The number of carbonyl (C=O) groups is 1. The van der Waals surface area contributed by atoms with Gasteiger partial charge in [-0.15, -0.1) is 0 Å². The minimum Gasteiger partial charge on any atom is -0.347 e. The van der Waals surface area contributed by atoms with Crippen LogP contribution in [0.4, 0.5) is 13.2 Å². The predicted octanol–water partition coefficient (Wildman–Crippen LogP) is 2.95. The van der Waals surface area contributed by atoms with Crippen LogP contribution in [0.3, 0.4) is 0 Å². The van der Waals surface area contributed by atoms with Crippen molar-refractivity contribution in [3.05, 3.63) is 71.1 Å². The first-order valence-corrected chi connectivity index (χ1v) is 8.31. The molecule has 0 saturated heterocycles. The Morgan fingerprint density at radius 3 is 2.78 bits per heavy atom. The van der Waals surface area contributed by atoms with Crippen LogP contribution in [0.2, 0.25) is 0 Å². The minimum atomic E-state index is -4.59. The second-order valence-electron chi connectivity index (χ2n) is 6.50. The molecule has 0 bridgehead atoms. The number of nitrogens with one attached hydrogen (secondary N) is 1. The van der Waals surface area contributed by atoms with Crippen molar-refractivity contribution < 1.29 is 18.0 Å². The van der Waals surface area contributed by atoms with E-state index in [1.807, 2.05) is 6.20 Å². The van der Waals surface area contributed by atoms with Crippen molar-refractivity contribution in [2.24, 2.45) is 7.05 Å². The molecule has 1 aromatic carbocycles. The highest BCUT2D eigenvalue weighted by atomic mass is 19.4. The van der Waals surface area contributed by atoms with E-state index in [4.69, 9.17) is 0 Å². The molecule has 6 nitrogen and oxygen atoms in total. The van der Waals surface area contributed by atoms with Gasteiger partial charge in [-0.1, -0.05) is 12.1 Å². The van der Waals surface area contributed by atoms with Gasteiger partial charge in [0.05, 0.1) is 41.6 Å². The number of alkyl halides is 3. The second-order valence-corrected chi connectivity index (χ2v) is 6.50. The normalized spacial score (nSPS) is 17.0. The van der Waals surface area contributed by atoms with Crippen LogP contribution in [0.1, 0.15) is 38.8 Å². The van der Waals surface area contributed by atoms with E-state index in [9.17, 15) is 18.0 Å². The number of hydrogen-bond donors (Lipinski definition) is 1. The van der Waals surface area contributed by atoms with Gasteiger partial charge in [0, 0.05) is 31.3 Å². The van der Waals surface area contributed by atoms with Gasteiger partial charge >= 0.3 is 6.18 Å².